The number of nitrogens with zero attached hydrogens (tertiary/aromatic N) is 6. The quantitative estimate of drug-likeness (QED) is 0.251. The number of hydrogen-bond donors (Lipinski definition) is 2. The van der Waals surface area contributed by atoms with Gasteiger partial charge in [-0.2, -0.15) is 0 Å². The van der Waals surface area contributed by atoms with Crippen LogP contribution in [0.1, 0.15) is 0 Å². The molecule has 232 valence electrons. The van der Waals surface area contributed by atoms with Crippen molar-refractivity contribution in [3.63, 3.8) is 0 Å². The largest absolute Gasteiger partial charge is 0.397 e. The Morgan fingerprint density at radius 3 is 1.51 bits per heavy atom. The van der Waals surface area contributed by atoms with Gasteiger partial charge in [-0.1, -0.05) is 0 Å². The van der Waals surface area contributed by atoms with Crippen molar-refractivity contribution in [2.45, 2.75) is 0 Å². The molecule has 0 aliphatic carbocycles. The molecule has 0 radical (unpaired) electrons. The monoisotopic (exact) mass is 776 g/mol. The number of anilines is 4. The molecule has 0 fully saturated rings. The third-order valence-corrected chi connectivity index (χ3v) is 6.45. The summed E-state index contributed by atoms with van der Waals surface area (Å²) in [6.45, 7) is 0. The molecule has 4 rings (SSSR count). The van der Waals surface area contributed by atoms with Crippen LogP contribution in [0.3, 0.4) is 0 Å². The van der Waals surface area contributed by atoms with Crippen molar-refractivity contribution >= 4 is 84.6 Å². The van der Waals surface area contributed by atoms with Crippen molar-refractivity contribution in [1.82, 2.24) is 19.9 Å². The van der Waals surface area contributed by atoms with Crippen molar-refractivity contribution in [3.8, 4) is 22.5 Å². The summed E-state index contributed by atoms with van der Waals surface area (Å²) >= 11 is 6.62. The number of halogens is 3. The molecule has 12 nitrogen and oxygen atoms in total. The van der Waals surface area contributed by atoms with Gasteiger partial charge in [0.05, 0.1) is 35.3 Å². The zero-order valence-corrected chi connectivity index (χ0v) is 29.7. The summed E-state index contributed by atoms with van der Waals surface area (Å²) in [5.41, 5.74) is 9.90. The first kappa shape index (κ1) is 36.1. The first-order valence-corrected chi connectivity index (χ1v) is 18.2. The molecule has 0 aromatic carbocycles. The number of hydrogen-bond acceptors (Lipinski definition) is 11. The van der Waals surface area contributed by atoms with Crippen molar-refractivity contribution in [2.24, 2.45) is 0 Å². The van der Waals surface area contributed by atoms with E-state index in [1.807, 2.05) is 68.3 Å². The standard InChI is InChI=1S/C13H15BrN4O2S.C12H13BrN4.CH3ClO2S/c1-18(2)12-5-4-9(7-15-12)13-11(17-21(3,19)20)6-10(14)8-16-13;1-17(2)11-4-3-8(6-15-11)12-10(14)5-9(13)7-16-12;1-5(2,3)4/h4-8,17H,1-3H3;3-7H,14H2,1-2H3;1H3. The summed E-state index contributed by atoms with van der Waals surface area (Å²) in [7, 11) is 5.63. The highest BCUT2D eigenvalue weighted by Crippen LogP contribution is 2.29. The fourth-order valence-corrected chi connectivity index (χ4v) is 4.46. The number of nitrogen functional groups attached to an aromatic ring is 1. The lowest BCUT2D eigenvalue weighted by Gasteiger charge is -2.13. The summed E-state index contributed by atoms with van der Waals surface area (Å²) in [5, 5.41) is 0. The molecule has 0 aliphatic rings. The van der Waals surface area contributed by atoms with Gasteiger partial charge in [0.2, 0.25) is 19.1 Å². The van der Waals surface area contributed by atoms with Gasteiger partial charge in [-0.25, -0.2) is 26.8 Å². The highest BCUT2D eigenvalue weighted by molar-refractivity contribution is 9.10. The van der Waals surface area contributed by atoms with Crippen LogP contribution in [-0.4, -0.2) is 77.5 Å². The van der Waals surface area contributed by atoms with E-state index in [1.165, 1.54) is 0 Å². The molecule has 0 spiro atoms. The van der Waals surface area contributed by atoms with E-state index in [0.717, 1.165) is 45.4 Å². The summed E-state index contributed by atoms with van der Waals surface area (Å²) in [6, 6.07) is 11.1. The lowest BCUT2D eigenvalue weighted by molar-refractivity contribution is 0.606. The number of rotatable bonds is 6. The zero-order chi connectivity index (χ0) is 32.5. The van der Waals surface area contributed by atoms with Gasteiger partial charge in [0.1, 0.15) is 11.6 Å². The summed E-state index contributed by atoms with van der Waals surface area (Å²) in [5.74, 6) is 1.72. The second kappa shape index (κ2) is 15.6. The maximum atomic E-state index is 11.5. The van der Waals surface area contributed by atoms with Crippen molar-refractivity contribution in [3.05, 3.63) is 70.1 Å². The Hall–Kier alpha value is -3.05. The molecule has 4 aromatic rings. The summed E-state index contributed by atoms with van der Waals surface area (Å²) in [4.78, 5) is 21.1. The minimum atomic E-state index is -3.39. The second-order valence-electron chi connectivity index (χ2n) is 9.30. The molecule has 3 N–H and O–H groups in total. The van der Waals surface area contributed by atoms with Crippen molar-refractivity contribution in [1.29, 1.82) is 0 Å². The van der Waals surface area contributed by atoms with Gasteiger partial charge in [-0.15, -0.1) is 0 Å². The average Bonchev–Trinajstić information content (AvgIpc) is 2.87. The average molecular weight is 779 g/mol. The zero-order valence-electron chi connectivity index (χ0n) is 24.1. The predicted molar refractivity (Wildman–Crippen MR) is 183 cm³/mol. The molecule has 0 saturated carbocycles. The van der Waals surface area contributed by atoms with E-state index in [-0.39, 0.29) is 0 Å². The minimum Gasteiger partial charge on any atom is -0.397 e. The topological polar surface area (TPSA) is 164 Å². The van der Waals surface area contributed by atoms with Crippen molar-refractivity contribution < 1.29 is 16.8 Å². The third kappa shape index (κ3) is 13.0. The molecule has 4 heterocycles. The maximum absolute atomic E-state index is 11.5. The second-order valence-corrected chi connectivity index (χ2v) is 15.9. The van der Waals surface area contributed by atoms with E-state index < -0.39 is 19.1 Å². The number of nitrogens with two attached hydrogens (primary N) is 1. The highest BCUT2D eigenvalue weighted by atomic mass is 79.9. The third-order valence-electron chi connectivity index (χ3n) is 4.99. The molecule has 4 aromatic heterocycles. The smallest absolute Gasteiger partial charge is 0.229 e. The lowest BCUT2D eigenvalue weighted by Crippen LogP contribution is -2.12. The van der Waals surface area contributed by atoms with E-state index >= 15 is 0 Å². The van der Waals surface area contributed by atoms with Gasteiger partial charge in [0, 0.05) is 83.7 Å². The van der Waals surface area contributed by atoms with E-state index in [4.69, 9.17) is 5.73 Å². The van der Waals surface area contributed by atoms with Crippen LogP contribution < -0.4 is 20.3 Å². The van der Waals surface area contributed by atoms with Crippen LogP contribution in [-0.2, 0) is 19.1 Å². The van der Waals surface area contributed by atoms with Gasteiger partial charge >= 0.3 is 0 Å². The van der Waals surface area contributed by atoms with Gasteiger partial charge in [0.15, 0.2) is 0 Å². The number of aromatic nitrogens is 4. The molecular formula is C26H31Br2ClN8O4S2. The Labute approximate surface area is 273 Å². The molecule has 0 unspecified atom stereocenters. The van der Waals surface area contributed by atoms with Crippen LogP contribution in [0.4, 0.5) is 23.0 Å². The van der Waals surface area contributed by atoms with E-state index in [0.29, 0.717) is 21.5 Å². The molecule has 0 aliphatic heterocycles. The van der Waals surface area contributed by atoms with E-state index in [9.17, 15) is 16.8 Å². The van der Waals surface area contributed by atoms with E-state index in [1.54, 1.807) is 30.9 Å². The van der Waals surface area contributed by atoms with Gasteiger partial charge < -0.3 is 15.5 Å². The Morgan fingerprint density at radius 2 is 1.14 bits per heavy atom. The number of pyridine rings is 4. The Balaban J connectivity index is 0.000000264. The highest BCUT2D eigenvalue weighted by Gasteiger charge is 2.12. The normalized spacial score (nSPS) is 10.9. The van der Waals surface area contributed by atoms with Crippen molar-refractivity contribution in [2.75, 3.05) is 61.0 Å². The molecular weight excluding hydrogens is 748 g/mol. The Kier molecular flexibility index (Phi) is 13.1. The summed E-state index contributed by atoms with van der Waals surface area (Å²) < 4.78 is 45.7. The molecule has 43 heavy (non-hydrogen) atoms. The SMILES string of the molecule is CN(C)c1ccc(-c2ncc(Br)cc2N)cn1.CN(C)c1ccc(-c2ncc(Br)cc2NS(C)(=O)=O)cn1.CS(=O)(=O)Cl. The minimum absolute atomic E-state index is 0.409. The lowest BCUT2D eigenvalue weighted by atomic mass is 10.1. The fraction of sp³-hybridized carbons (Fsp3) is 0.231. The summed E-state index contributed by atoms with van der Waals surface area (Å²) in [6.07, 6.45) is 8.81. The van der Waals surface area contributed by atoms with Crippen LogP contribution in [0.15, 0.2) is 70.1 Å². The van der Waals surface area contributed by atoms with Gasteiger partial charge in [0.25, 0.3) is 0 Å². The molecule has 0 atom stereocenters. The number of nitrogens with one attached hydrogen (secondary N) is 1. The van der Waals surface area contributed by atoms with E-state index in [2.05, 4.69) is 67.2 Å². The fourth-order valence-electron chi connectivity index (χ4n) is 3.22. The molecule has 17 heteroatoms. The first-order chi connectivity index (χ1) is 19.8. The maximum Gasteiger partial charge on any atom is 0.229 e. The number of sulfonamides is 1. The Bertz CT molecular complexity index is 1730. The van der Waals surface area contributed by atoms with Crippen LogP contribution in [0, 0.1) is 0 Å². The molecule has 0 saturated heterocycles. The van der Waals surface area contributed by atoms with Gasteiger partial charge in [-0.3, -0.25) is 14.7 Å². The first-order valence-electron chi connectivity index (χ1n) is 12.1. The van der Waals surface area contributed by atoms with Crippen LogP contribution >= 0.6 is 42.5 Å². The Morgan fingerprint density at radius 1 is 0.721 bits per heavy atom. The van der Waals surface area contributed by atoms with Crippen LogP contribution in [0.25, 0.3) is 22.5 Å². The predicted octanol–water partition coefficient (Wildman–Crippen LogP) is 5.08. The van der Waals surface area contributed by atoms with Crippen LogP contribution in [0.2, 0.25) is 0 Å². The van der Waals surface area contributed by atoms with Gasteiger partial charge in [-0.05, 0) is 68.3 Å². The van der Waals surface area contributed by atoms with Crippen LogP contribution in [0.5, 0.6) is 0 Å². The molecule has 0 bridgehead atoms. The molecule has 0 amide bonds.